The van der Waals surface area contributed by atoms with E-state index < -0.39 is 0 Å². The largest absolute Gasteiger partial charge is 0.306 e. The summed E-state index contributed by atoms with van der Waals surface area (Å²) < 4.78 is 0. The van der Waals surface area contributed by atoms with Crippen molar-refractivity contribution in [2.75, 3.05) is 20.1 Å². The van der Waals surface area contributed by atoms with Crippen LogP contribution in [0.25, 0.3) is 0 Å². The van der Waals surface area contributed by atoms with Crippen molar-refractivity contribution in [2.45, 2.75) is 26.2 Å². The molecule has 1 rings (SSSR count). The average molecular weight is 205 g/mol. The van der Waals surface area contributed by atoms with Gasteiger partial charge in [-0.3, -0.25) is 0 Å². The molecule has 0 aromatic heterocycles. The predicted octanol–water partition coefficient (Wildman–Crippen LogP) is 3.41. The number of hydrogen-bond acceptors (Lipinski definition) is 1. The van der Waals surface area contributed by atoms with Crippen molar-refractivity contribution in [2.24, 2.45) is 5.41 Å². The number of nitrogens with zero attached hydrogens (tertiary/aromatic N) is 1. The van der Waals surface area contributed by atoms with Crippen LogP contribution >= 0.6 is 0 Å². The normalized spacial score (nSPS) is 22.4. The van der Waals surface area contributed by atoms with Crippen LogP contribution in [0.1, 0.15) is 26.2 Å². The minimum Gasteiger partial charge on any atom is -0.306 e. The van der Waals surface area contributed by atoms with Gasteiger partial charge in [0.15, 0.2) is 0 Å². The Morgan fingerprint density at radius 3 is 2.33 bits per heavy atom. The van der Waals surface area contributed by atoms with Crippen LogP contribution in [-0.2, 0) is 0 Å². The number of rotatable bonds is 4. The van der Waals surface area contributed by atoms with Crippen molar-refractivity contribution >= 4 is 0 Å². The van der Waals surface area contributed by atoms with Crippen LogP contribution in [0.15, 0.2) is 37.0 Å². The lowest BCUT2D eigenvalue weighted by Crippen LogP contribution is -2.38. The summed E-state index contributed by atoms with van der Waals surface area (Å²) in [5.41, 5.74) is 1.72. The van der Waals surface area contributed by atoms with Crippen molar-refractivity contribution in [3.05, 3.63) is 37.0 Å². The number of likely N-dealkylation sites (tertiary alicyclic amines) is 1. The summed E-state index contributed by atoms with van der Waals surface area (Å²) in [7, 11) is 2.20. The van der Waals surface area contributed by atoms with Gasteiger partial charge in [-0.1, -0.05) is 38.3 Å². The van der Waals surface area contributed by atoms with E-state index in [0.717, 1.165) is 0 Å². The molecule has 15 heavy (non-hydrogen) atoms. The Morgan fingerprint density at radius 1 is 1.33 bits per heavy atom. The van der Waals surface area contributed by atoms with Crippen LogP contribution in [-0.4, -0.2) is 25.0 Å². The molecule has 0 saturated carbocycles. The standard InChI is InChI=1S/C14H23N/c1-5-8-13(6-2)14(7-3)9-11-15(4)12-10-14/h5-6,8H,1-2,7,9-12H2,3-4H3/b13-8+. The summed E-state index contributed by atoms with van der Waals surface area (Å²) in [6, 6.07) is 0. The molecule has 1 aliphatic rings. The highest BCUT2D eigenvalue weighted by molar-refractivity contribution is 5.29. The van der Waals surface area contributed by atoms with Crippen molar-refractivity contribution in [1.29, 1.82) is 0 Å². The number of allylic oxidation sites excluding steroid dienone is 4. The van der Waals surface area contributed by atoms with Gasteiger partial charge in [-0.15, -0.1) is 0 Å². The highest BCUT2D eigenvalue weighted by Gasteiger charge is 2.33. The van der Waals surface area contributed by atoms with Crippen molar-refractivity contribution < 1.29 is 0 Å². The molecular formula is C14H23N. The van der Waals surface area contributed by atoms with Gasteiger partial charge in [-0.25, -0.2) is 0 Å². The van der Waals surface area contributed by atoms with Gasteiger partial charge in [-0.2, -0.15) is 0 Å². The first kappa shape index (κ1) is 12.3. The molecule has 0 aromatic rings. The third kappa shape index (κ3) is 2.60. The van der Waals surface area contributed by atoms with E-state index in [4.69, 9.17) is 0 Å². The molecule has 1 saturated heterocycles. The molecule has 1 nitrogen and oxygen atoms in total. The lowest BCUT2D eigenvalue weighted by molar-refractivity contribution is 0.153. The molecule has 0 spiro atoms. The molecule has 0 N–H and O–H groups in total. The maximum absolute atomic E-state index is 3.94. The van der Waals surface area contributed by atoms with E-state index in [1.165, 1.54) is 37.9 Å². The van der Waals surface area contributed by atoms with E-state index in [0.29, 0.717) is 5.41 Å². The van der Waals surface area contributed by atoms with Gasteiger partial charge in [0.25, 0.3) is 0 Å². The van der Waals surface area contributed by atoms with Crippen LogP contribution in [0.3, 0.4) is 0 Å². The molecule has 0 unspecified atom stereocenters. The fourth-order valence-electron chi connectivity index (χ4n) is 2.48. The first-order valence-corrected chi connectivity index (χ1v) is 5.82. The Labute approximate surface area is 94.2 Å². The number of piperidine rings is 1. The van der Waals surface area contributed by atoms with Gasteiger partial charge in [0.2, 0.25) is 0 Å². The van der Waals surface area contributed by atoms with E-state index in [1.807, 2.05) is 12.2 Å². The molecule has 1 heterocycles. The summed E-state index contributed by atoms with van der Waals surface area (Å²) in [6.45, 7) is 12.4. The topological polar surface area (TPSA) is 3.24 Å². The van der Waals surface area contributed by atoms with Crippen LogP contribution in [0.4, 0.5) is 0 Å². The summed E-state index contributed by atoms with van der Waals surface area (Å²) >= 11 is 0. The highest BCUT2D eigenvalue weighted by Crippen LogP contribution is 2.41. The second-order valence-electron chi connectivity index (χ2n) is 4.50. The molecule has 0 radical (unpaired) electrons. The van der Waals surface area contributed by atoms with Crippen LogP contribution in [0.5, 0.6) is 0 Å². The van der Waals surface area contributed by atoms with Gasteiger partial charge in [0.05, 0.1) is 0 Å². The minimum absolute atomic E-state index is 0.350. The van der Waals surface area contributed by atoms with Crippen LogP contribution < -0.4 is 0 Å². The summed E-state index contributed by atoms with van der Waals surface area (Å²) in [4.78, 5) is 2.41. The highest BCUT2D eigenvalue weighted by atomic mass is 15.1. The Hall–Kier alpha value is -0.820. The van der Waals surface area contributed by atoms with Gasteiger partial charge >= 0.3 is 0 Å². The Kier molecular flexibility index (Phi) is 4.34. The molecule has 0 aliphatic carbocycles. The second kappa shape index (κ2) is 5.32. The third-order valence-electron chi connectivity index (χ3n) is 3.75. The van der Waals surface area contributed by atoms with Crippen molar-refractivity contribution in [1.82, 2.24) is 4.90 Å². The summed E-state index contributed by atoms with van der Waals surface area (Å²) in [5.74, 6) is 0. The molecule has 1 heteroatoms. The maximum atomic E-state index is 3.94. The van der Waals surface area contributed by atoms with Crippen LogP contribution in [0.2, 0.25) is 0 Å². The Morgan fingerprint density at radius 2 is 1.93 bits per heavy atom. The fourth-order valence-corrected chi connectivity index (χ4v) is 2.48. The summed E-state index contributed by atoms with van der Waals surface area (Å²) in [6.07, 6.45) is 9.70. The van der Waals surface area contributed by atoms with E-state index in [2.05, 4.69) is 38.1 Å². The van der Waals surface area contributed by atoms with Gasteiger partial charge < -0.3 is 4.90 Å². The lowest BCUT2D eigenvalue weighted by Gasteiger charge is -2.41. The van der Waals surface area contributed by atoms with Gasteiger partial charge in [0.1, 0.15) is 0 Å². The second-order valence-corrected chi connectivity index (χ2v) is 4.50. The quantitative estimate of drug-likeness (QED) is 0.636. The lowest BCUT2D eigenvalue weighted by atomic mass is 9.70. The van der Waals surface area contributed by atoms with E-state index in [-0.39, 0.29) is 0 Å². The van der Waals surface area contributed by atoms with Crippen LogP contribution in [0, 0.1) is 5.41 Å². The van der Waals surface area contributed by atoms with E-state index >= 15 is 0 Å². The van der Waals surface area contributed by atoms with Crippen molar-refractivity contribution in [3.63, 3.8) is 0 Å². The predicted molar refractivity (Wildman–Crippen MR) is 67.9 cm³/mol. The molecule has 84 valence electrons. The Bertz CT molecular complexity index is 255. The first-order chi connectivity index (χ1) is 7.18. The average Bonchev–Trinajstić information content (AvgIpc) is 2.28. The Balaban J connectivity index is 2.88. The molecule has 0 aromatic carbocycles. The molecule has 0 amide bonds. The van der Waals surface area contributed by atoms with E-state index in [1.54, 1.807) is 0 Å². The molecule has 0 atom stereocenters. The maximum Gasteiger partial charge on any atom is -0.00133 e. The first-order valence-electron chi connectivity index (χ1n) is 5.82. The van der Waals surface area contributed by atoms with Gasteiger partial charge in [-0.05, 0) is 50.4 Å². The zero-order chi connectivity index (χ0) is 11.3. The summed E-state index contributed by atoms with van der Waals surface area (Å²) in [5, 5.41) is 0. The van der Waals surface area contributed by atoms with Gasteiger partial charge in [0, 0.05) is 0 Å². The third-order valence-corrected chi connectivity index (χ3v) is 3.75. The molecule has 1 aliphatic heterocycles. The zero-order valence-corrected chi connectivity index (χ0v) is 10.1. The minimum atomic E-state index is 0.350. The van der Waals surface area contributed by atoms with Crippen molar-refractivity contribution in [3.8, 4) is 0 Å². The SMILES string of the molecule is C=C/C=C(\C=C)C1(CC)CCN(C)CC1. The molecule has 1 fully saturated rings. The molecular weight excluding hydrogens is 182 g/mol. The smallest absolute Gasteiger partial charge is 0.00133 e. The monoisotopic (exact) mass is 205 g/mol. The number of hydrogen-bond donors (Lipinski definition) is 0. The molecule has 0 bridgehead atoms. The fraction of sp³-hybridized carbons (Fsp3) is 0.571. The zero-order valence-electron chi connectivity index (χ0n) is 10.1. The van der Waals surface area contributed by atoms with E-state index in [9.17, 15) is 0 Å².